The van der Waals surface area contributed by atoms with Crippen molar-refractivity contribution in [2.75, 3.05) is 0 Å². The van der Waals surface area contributed by atoms with Gasteiger partial charge in [0.25, 0.3) is 0 Å². The fourth-order valence-corrected chi connectivity index (χ4v) is 2.77. The summed E-state index contributed by atoms with van der Waals surface area (Å²) in [7, 11) is 0. The van der Waals surface area contributed by atoms with E-state index in [1.807, 2.05) is 44.2 Å². The number of amides is 1. The number of carbonyl (C=O) groups excluding carboxylic acids is 1. The van der Waals surface area contributed by atoms with Gasteiger partial charge in [0.1, 0.15) is 0 Å². The molecule has 0 aliphatic rings. The summed E-state index contributed by atoms with van der Waals surface area (Å²) in [6.07, 6.45) is 0.230. The van der Waals surface area contributed by atoms with Crippen LogP contribution in [0.5, 0.6) is 0 Å². The molecule has 5 heteroatoms. The number of nitrogens with one attached hydrogen (secondary N) is 1. The molecule has 0 spiro atoms. The number of hydrogen-bond acceptors (Lipinski definition) is 3. The molecule has 0 aliphatic carbocycles. The van der Waals surface area contributed by atoms with Gasteiger partial charge in [-0.05, 0) is 37.1 Å². The van der Waals surface area contributed by atoms with Crippen LogP contribution in [0.25, 0.3) is 11.1 Å². The van der Waals surface area contributed by atoms with E-state index < -0.39 is 5.76 Å². The molecule has 124 valence electrons. The van der Waals surface area contributed by atoms with E-state index in [0.29, 0.717) is 24.2 Å². The molecule has 5 nitrogen and oxygen atoms in total. The Morgan fingerprint density at radius 2 is 1.96 bits per heavy atom. The molecule has 0 unspecified atom stereocenters. The smallest absolute Gasteiger partial charge is 0.408 e. The van der Waals surface area contributed by atoms with Gasteiger partial charge >= 0.3 is 5.76 Å². The first-order valence-corrected chi connectivity index (χ1v) is 7.96. The average molecular weight is 324 g/mol. The summed E-state index contributed by atoms with van der Waals surface area (Å²) < 4.78 is 6.66. The maximum Gasteiger partial charge on any atom is 0.419 e. The molecule has 0 saturated heterocycles. The van der Waals surface area contributed by atoms with Crippen molar-refractivity contribution in [2.24, 2.45) is 0 Å². The van der Waals surface area contributed by atoms with Crippen molar-refractivity contribution in [3.05, 3.63) is 69.7 Å². The van der Waals surface area contributed by atoms with E-state index in [-0.39, 0.29) is 12.3 Å². The van der Waals surface area contributed by atoms with E-state index in [9.17, 15) is 9.59 Å². The Labute approximate surface area is 139 Å². The zero-order valence-electron chi connectivity index (χ0n) is 13.8. The van der Waals surface area contributed by atoms with E-state index in [4.69, 9.17) is 4.42 Å². The lowest BCUT2D eigenvalue weighted by atomic mass is 10.1. The molecule has 3 rings (SSSR count). The Bertz CT molecular complexity index is 937. The Morgan fingerprint density at radius 1 is 1.17 bits per heavy atom. The summed E-state index contributed by atoms with van der Waals surface area (Å²) in [4.78, 5) is 24.0. The summed E-state index contributed by atoms with van der Waals surface area (Å²) in [6, 6.07) is 13.4. The van der Waals surface area contributed by atoms with Gasteiger partial charge in [0.05, 0.1) is 5.52 Å². The second-order valence-corrected chi connectivity index (χ2v) is 5.94. The Hall–Kier alpha value is -2.82. The van der Waals surface area contributed by atoms with E-state index in [2.05, 4.69) is 11.4 Å². The van der Waals surface area contributed by atoms with Gasteiger partial charge in [-0.2, -0.15) is 0 Å². The number of aromatic nitrogens is 1. The van der Waals surface area contributed by atoms with Crippen molar-refractivity contribution >= 4 is 17.0 Å². The molecule has 24 heavy (non-hydrogen) atoms. The second-order valence-electron chi connectivity index (χ2n) is 5.94. The first kappa shape index (κ1) is 16.1. The molecule has 0 radical (unpaired) electrons. The summed E-state index contributed by atoms with van der Waals surface area (Å²) in [5, 5.41) is 2.90. The highest BCUT2D eigenvalue weighted by Crippen LogP contribution is 2.12. The number of rotatable bonds is 5. The van der Waals surface area contributed by atoms with Crippen molar-refractivity contribution in [3.8, 4) is 0 Å². The molecule has 2 aromatic carbocycles. The zero-order chi connectivity index (χ0) is 17.1. The van der Waals surface area contributed by atoms with Gasteiger partial charge in [-0.15, -0.1) is 0 Å². The number of carbonyl (C=O) groups is 1. The molecular formula is C19H20N2O3. The third-order valence-electron chi connectivity index (χ3n) is 4.11. The monoisotopic (exact) mass is 324 g/mol. The lowest BCUT2D eigenvalue weighted by Gasteiger charge is -2.09. The predicted molar refractivity (Wildman–Crippen MR) is 92.9 cm³/mol. The Kier molecular flexibility index (Phi) is 4.51. The van der Waals surface area contributed by atoms with Crippen LogP contribution in [0.15, 0.2) is 51.7 Å². The summed E-state index contributed by atoms with van der Waals surface area (Å²) in [6.45, 7) is 4.87. The SMILES string of the molecule is Cc1ccc(CNC(=O)CCn2c(=O)oc3ccccc32)c(C)c1. The highest BCUT2D eigenvalue weighted by Gasteiger charge is 2.10. The summed E-state index contributed by atoms with van der Waals surface area (Å²) in [5.41, 5.74) is 4.71. The molecule has 1 aromatic heterocycles. The average Bonchev–Trinajstić information content (AvgIpc) is 2.87. The lowest BCUT2D eigenvalue weighted by molar-refractivity contribution is -0.121. The van der Waals surface area contributed by atoms with E-state index >= 15 is 0 Å². The minimum absolute atomic E-state index is 0.0906. The van der Waals surface area contributed by atoms with Crippen LogP contribution in [0.3, 0.4) is 0 Å². The van der Waals surface area contributed by atoms with Crippen molar-refractivity contribution < 1.29 is 9.21 Å². The van der Waals surface area contributed by atoms with Crippen molar-refractivity contribution in [2.45, 2.75) is 33.4 Å². The largest absolute Gasteiger partial charge is 0.419 e. The third kappa shape index (κ3) is 3.40. The van der Waals surface area contributed by atoms with Crippen LogP contribution in [0.1, 0.15) is 23.1 Å². The van der Waals surface area contributed by atoms with Crippen LogP contribution in [0.2, 0.25) is 0 Å². The maximum absolute atomic E-state index is 12.1. The van der Waals surface area contributed by atoms with E-state index in [1.165, 1.54) is 10.1 Å². The summed E-state index contributed by atoms with van der Waals surface area (Å²) >= 11 is 0. The normalized spacial score (nSPS) is 10.9. The molecule has 0 atom stereocenters. The third-order valence-corrected chi connectivity index (χ3v) is 4.11. The molecule has 1 N–H and O–H groups in total. The number of aryl methyl sites for hydroxylation is 3. The first-order chi connectivity index (χ1) is 11.5. The van der Waals surface area contributed by atoms with Crippen LogP contribution >= 0.6 is 0 Å². The highest BCUT2D eigenvalue weighted by atomic mass is 16.4. The van der Waals surface area contributed by atoms with Gasteiger partial charge < -0.3 is 9.73 Å². The highest BCUT2D eigenvalue weighted by molar-refractivity contribution is 5.76. The molecule has 0 aliphatic heterocycles. The Balaban J connectivity index is 1.61. The van der Waals surface area contributed by atoms with Gasteiger partial charge in [0.15, 0.2) is 5.58 Å². The molecule has 1 amide bonds. The predicted octanol–water partition coefficient (Wildman–Crippen LogP) is 2.92. The standard InChI is InChI=1S/C19H20N2O3/c1-13-7-8-15(14(2)11-13)12-20-18(22)9-10-21-16-5-3-4-6-17(16)24-19(21)23/h3-8,11H,9-10,12H2,1-2H3,(H,20,22). The van der Waals surface area contributed by atoms with E-state index in [1.54, 1.807) is 6.07 Å². The van der Waals surface area contributed by atoms with Gasteiger partial charge in [-0.3, -0.25) is 9.36 Å². The van der Waals surface area contributed by atoms with Gasteiger partial charge in [0, 0.05) is 19.5 Å². The second kappa shape index (κ2) is 6.74. The quantitative estimate of drug-likeness (QED) is 0.785. The van der Waals surface area contributed by atoms with Crippen LogP contribution < -0.4 is 11.1 Å². The van der Waals surface area contributed by atoms with Gasteiger partial charge in [0.2, 0.25) is 5.91 Å². The zero-order valence-corrected chi connectivity index (χ0v) is 13.8. The fourth-order valence-electron chi connectivity index (χ4n) is 2.77. The molecule has 0 saturated carbocycles. The van der Waals surface area contributed by atoms with Crippen molar-refractivity contribution in [3.63, 3.8) is 0 Å². The minimum atomic E-state index is -0.432. The number of oxazole rings is 1. The number of benzene rings is 2. The molecule has 0 fully saturated rings. The maximum atomic E-state index is 12.1. The number of para-hydroxylation sites is 2. The first-order valence-electron chi connectivity index (χ1n) is 7.96. The number of nitrogens with zero attached hydrogens (tertiary/aromatic N) is 1. The van der Waals surface area contributed by atoms with Gasteiger partial charge in [-0.1, -0.05) is 35.9 Å². The molecular weight excluding hydrogens is 304 g/mol. The van der Waals surface area contributed by atoms with Crippen LogP contribution in [-0.4, -0.2) is 10.5 Å². The van der Waals surface area contributed by atoms with Crippen LogP contribution in [-0.2, 0) is 17.9 Å². The topological polar surface area (TPSA) is 64.2 Å². The lowest BCUT2D eigenvalue weighted by Crippen LogP contribution is -2.26. The molecule has 1 heterocycles. The number of fused-ring (bicyclic) bond motifs is 1. The van der Waals surface area contributed by atoms with Gasteiger partial charge in [-0.25, -0.2) is 4.79 Å². The minimum Gasteiger partial charge on any atom is -0.408 e. The Morgan fingerprint density at radius 3 is 2.75 bits per heavy atom. The van der Waals surface area contributed by atoms with Crippen molar-refractivity contribution in [1.82, 2.24) is 9.88 Å². The molecule has 3 aromatic rings. The summed E-state index contributed by atoms with van der Waals surface area (Å²) in [5.74, 6) is -0.523. The fraction of sp³-hybridized carbons (Fsp3) is 0.263. The molecule has 0 bridgehead atoms. The van der Waals surface area contributed by atoms with Crippen LogP contribution in [0, 0.1) is 13.8 Å². The van der Waals surface area contributed by atoms with Crippen LogP contribution in [0.4, 0.5) is 0 Å². The number of hydrogen-bond donors (Lipinski definition) is 1. The van der Waals surface area contributed by atoms with E-state index in [0.717, 1.165) is 11.1 Å². The van der Waals surface area contributed by atoms with Crippen molar-refractivity contribution in [1.29, 1.82) is 0 Å².